The van der Waals surface area contributed by atoms with Gasteiger partial charge in [-0.1, -0.05) is 24.8 Å². The molecule has 6 heteroatoms. The number of nitriles is 1. The van der Waals surface area contributed by atoms with Gasteiger partial charge in [0.1, 0.15) is 24.9 Å². The third kappa shape index (κ3) is 3.70. The van der Waals surface area contributed by atoms with Gasteiger partial charge in [0.25, 0.3) is 0 Å². The predicted octanol–water partition coefficient (Wildman–Crippen LogP) is 3.47. The summed E-state index contributed by atoms with van der Waals surface area (Å²) in [6.07, 6.45) is 4.68. The number of benzene rings is 1. The molecule has 0 saturated carbocycles. The summed E-state index contributed by atoms with van der Waals surface area (Å²) < 4.78 is 16.9. The average molecular weight is 393 g/mol. The van der Waals surface area contributed by atoms with Crippen LogP contribution >= 0.6 is 0 Å². The molecule has 1 aromatic rings. The lowest BCUT2D eigenvalue weighted by Crippen LogP contribution is -2.29. The minimum atomic E-state index is -0.514. The minimum Gasteiger partial charge on any atom is -0.458 e. The molecule has 2 aliphatic heterocycles. The van der Waals surface area contributed by atoms with E-state index in [2.05, 4.69) is 12.7 Å². The molecule has 0 radical (unpaired) electrons. The Morgan fingerprint density at radius 2 is 2.21 bits per heavy atom. The van der Waals surface area contributed by atoms with Gasteiger partial charge in [-0.3, -0.25) is 0 Å². The number of hydrogen-bond acceptors (Lipinski definition) is 6. The lowest BCUT2D eigenvalue weighted by molar-refractivity contribution is -0.140. The van der Waals surface area contributed by atoms with Crippen molar-refractivity contribution >= 4 is 11.9 Å². The first-order chi connectivity index (χ1) is 13.9. The highest BCUT2D eigenvalue weighted by Crippen LogP contribution is 2.49. The lowest BCUT2D eigenvalue weighted by atomic mass is 9.84. The van der Waals surface area contributed by atoms with Crippen molar-refractivity contribution in [3.63, 3.8) is 0 Å². The van der Waals surface area contributed by atoms with Gasteiger partial charge >= 0.3 is 11.9 Å². The fourth-order valence-electron chi connectivity index (χ4n) is 4.25. The fraction of sp³-hybridized carbons (Fsp3) is 0.435. The van der Waals surface area contributed by atoms with Crippen molar-refractivity contribution in [2.24, 2.45) is 5.92 Å². The second-order valence-electron chi connectivity index (χ2n) is 8.03. The number of ether oxygens (including phenoxy) is 3. The third-order valence-corrected chi connectivity index (χ3v) is 6.09. The number of hydrogen-bond donors (Lipinski definition) is 0. The van der Waals surface area contributed by atoms with Crippen LogP contribution in [-0.4, -0.2) is 36.4 Å². The number of carbonyl (C=O) groups excluding carboxylic acids is 2. The normalized spacial score (nSPS) is 32.7. The zero-order valence-corrected chi connectivity index (χ0v) is 16.3. The van der Waals surface area contributed by atoms with Crippen LogP contribution in [0, 0.1) is 17.2 Å². The van der Waals surface area contributed by atoms with Gasteiger partial charge in [-0.2, -0.15) is 5.26 Å². The molecule has 1 aromatic carbocycles. The summed E-state index contributed by atoms with van der Waals surface area (Å²) >= 11 is 0. The Morgan fingerprint density at radius 1 is 1.41 bits per heavy atom. The van der Waals surface area contributed by atoms with Crippen LogP contribution in [0.2, 0.25) is 0 Å². The van der Waals surface area contributed by atoms with Crippen molar-refractivity contribution in [2.45, 2.75) is 50.4 Å². The Hall–Kier alpha value is -2.91. The van der Waals surface area contributed by atoms with Crippen molar-refractivity contribution in [3.8, 4) is 6.07 Å². The standard InChI is InChI=1S/C23H23NO5/c1-14-17-10-9-15(13-27-22(26)18-8-4-3-7-16(18)12-24)6-5-11-23(2)20(29-23)19(17)28-21(14)25/h3-4,6-8,17,19-20H,1,5,9-11,13H2,2H3/b15-6+/t17-,19-,20-,23+/m0/s1. The predicted molar refractivity (Wildman–Crippen MR) is 104 cm³/mol. The molecule has 0 bridgehead atoms. The van der Waals surface area contributed by atoms with Crippen LogP contribution in [0.5, 0.6) is 0 Å². The van der Waals surface area contributed by atoms with Crippen LogP contribution in [0.25, 0.3) is 0 Å². The second kappa shape index (κ2) is 7.49. The van der Waals surface area contributed by atoms with E-state index in [1.807, 2.05) is 13.0 Å². The summed E-state index contributed by atoms with van der Waals surface area (Å²) in [6.45, 7) is 6.10. The van der Waals surface area contributed by atoms with Crippen molar-refractivity contribution < 1.29 is 23.8 Å². The molecule has 6 nitrogen and oxygen atoms in total. The Labute approximate surface area is 169 Å². The quantitative estimate of drug-likeness (QED) is 0.338. The summed E-state index contributed by atoms with van der Waals surface area (Å²) in [4.78, 5) is 24.5. The molecule has 2 saturated heterocycles. The smallest absolute Gasteiger partial charge is 0.339 e. The number of fused-ring (bicyclic) bond motifs is 3. The highest BCUT2D eigenvalue weighted by Gasteiger charge is 2.61. The van der Waals surface area contributed by atoms with E-state index in [0.717, 1.165) is 18.4 Å². The largest absolute Gasteiger partial charge is 0.458 e. The van der Waals surface area contributed by atoms with Gasteiger partial charge in [0.15, 0.2) is 0 Å². The molecule has 2 fully saturated rings. The van der Waals surface area contributed by atoms with Crippen molar-refractivity contribution in [1.29, 1.82) is 5.26 Å². The molecule has 0 aromatic heterocycles. The minimum absolute atomic E-state index is 0.0778. The molecule has 0 N–H and O–H groups in total. The number of nitrogens with zero attached hydrogens (tertiary/aromatic N) is 1. The average Bonchev–Trinajstić information content (AvgIpc) is 3.31. The zero-order chi connectivity index (χ0) is 20.6. The molecule has 1 aliphatic carbocycles. The second-order valence-corrected chi connectivity index (χ2v) is 8.03. The summed E-state index contributed by atoms with van der Waals surface area (Å²) in [5.41, 5.74) is 1.74. The summed E-state index contributed by atoms with van der Waals surface area (Å²) in [5.74, 6) is -0.952. The van der Waals surface area contributed by atoms with Gasteiger partial charge < -0.3 is 14.2 Å². The number of allylic oxidation sites excluding steroid dienone is 1. The van der Waals surface area contributed by atoms with E-state index >= 15 is 0 Å². The van der Waals surface area contributed by atoms with Crippen LogP contribution in [0.15, 0.2) is 48.1 Å². The zero-order valence-electron chi connectivity index (χ0n) is 16.3. The molecule has 3 aliphatic rings. The van der Waals surface area contributed by atoms with E-state index in [9.17, 15) is 9.59 Å². The molecular weight excluding hydrogens is 370 g/mol. The summed E-state index contributed by atoms with van der Waals surface area (Å²) in [5, 5.41) is 9.17. The first-order valence-corrected chi connectivity index (χ1v) is 9.85. The molecule has 0 unspecified atom stereocenters. The van der Waals surface area contributed by atoms with Crippen molar-refractivity contribution in [2.75, 3.05) is 6.61 Å². The molecule has 0 amide bonds. The Balaban J connectivity index is 1.46. The Morgan fingerprint density at radius 3 is 3.00 bits per heavy atom. The van der Waals surface area contributed by atoms with E-state index in [1.54, 1.807) is 24.3 Å². The van der Waals surface area contributed by atoms with Gasteiger partial charge in [0.2, 0.25) is 0 Å². The van der Waals surface area contributed by atoms with E-state index in [1.165, 1.54) is 0 Å². The molecule has 29 heavy (non-hydrogen) atoms. The van der Waals surface area contributed by atoms with Gasteiger partial charge in [-0.25, -0.2) is 9.59 Å². The summed E-state index contributed by atoms with van der Waals surface area (Å²) in [6, 6.07) is 8.60. The number of rotatable bonds is 3. The van der Waals surface area contributed by atoms with E-state index in [4.69, 9.17) is 19.5 Å². The van der Waals surface area contributed by atoms with Crippen LogP contribution in [0.1, 0.15) is 48.5 Å². The van der Waals surface area contributed by atoms with Crippen molar-refractivity contribution in [3.05, 3.63) is 59.2 Å². The van der Waals surface area contributed by atoms with Crippen molar-refractivity contribution in [1.82, 2.24) is 0 Å². The van der Waals surface area contributed by atoms with E-state index < -0.39 is 5.97 Å². The Kier molecular flexibility index (Phi) is 5.01. The molecule has 4 atom stereocenters. The summed E-state index contributed by atoms with van der Waals surface area (Å²) in [7, 11) is 0. The number of esters is 2. The van der Waals surface area contributed by atoms with Gasteiger partial charge in [-0.15, -0.1) is 0 Å². The number of epoxide rings is 1. The maximum Gasteiger partial charge on any atom is 0.339 e. The first-order valence-electron chi connectivity index (χ1n) is 9.85. The van der Waals surface area contributed by atoms with E-state index in [-0.39, 0.29) is 41.9 Å². The molecular formula is C23H23NO5. The van der Waals surface area contributed by atoms with Crippen LogP contribution in [0.4, 0.5) is 0 Å². The van der Waals surface area contributed by atoms with Gasteiger partial charge in [-0.05, 0) is 50.3 Å². The lowest BCUT2D eigenvalue weighted by Gasteiger charge is -2.20. The monoisotopic (exact) mass is 393 g/mol. The maximum atomic E-state index is 12.4. The Bertz CT molecular complexity index is 943. The fourth-order valence-corrected chi connectivity index (χ4v) is 4.25. The highest BCUT2D eigenvalue weighted by molar-refractivity contribution is 5.92. The highest BCUT2D eigenvalue weighted by atomic mass is 16.6. The molecule has 0 spiro atoms. The number of carbonyl (C=O) groups is 2. The van der Waals surface area contributed by atoms with Gasteiger partial charge in [0.05, 0.1) is 16.7 Å². The molecule has 150 valence electrons. The molecule has 2 heterocycles. The first kappa shape index (κ1) is 19.4. The van der Waals surface area contributed by atoms with Crippen LogP contribution in [-0.2, 0) is 19.0 Å². The SMILES string of the molecule is C=C1C(=O)O[C@H]2[C@H]1CC/C(COC(=O)c1ccccc1C#N)=C\CC[C@@]1(C)O[C@@H]21. The maximum absolute atomic E-state index is 12.4. The topological polar surface area (TPSA) is 88.9 Å². The van der Waals surface area contributed by atoms with Crippen LogP contribution < -0.4 is 0 Å². The van der Waals surface area contributed by atoms with Gasteiger partial charge in [0, 0.05) is 11.5 Å². The van der Waals surface area contributed by atoms with E-state index in [0.29, 0.717) is 24.0 Å². The molecule has 4 rings (SSSR count). The third-order valence-electron chi connectivity index (χ3n) is 6.09. The van der Waals surface area contributed by atoms with Crippen LogP contribution in [0.3, 0.4) is 0 Å².